The largest absolute Gasteiger partial charge is 0.505 e. The molecule has 1 aromatic carbocycles. The number of furan rings is 1. The second-order valence-corrected chi connectivity index (χ2v) is 7.54. The monoisotopic (exact) mass is 489 g/mol. The number of terminal acetylenes is 1. The van der Waals surface area contributed by atoms with Crippen molar-refractivity contribution in [2.24, 2.45) is 8.80 Å². The second kappa shape index (κ2) is 16.1. The molecule has 2 heterocycles. The molecule has 3 N–H and O–H groups in total. The Balaban J connectivity index is 0.00000141. The fourth-order valence-corrected chi connectivity index (χ4v) is 3.03. The molecule has 0 saturated heterocycles. The molecular formula is C24H35N5O4S. The Hall–Kier alpha value is -3.58. The molecule has 0 fully saturated rings. The van der Waals surface area contributed by atoms with Crippen LogP contribution in [0.2, 0.25) is 0 Å². The normalized spacial score (nSPS) is 13.4. The van der Waals surface area contributed by atoms with Gasteiger partial charge >= 0.3 is 0 Å². The molecule has 1 aliphatic rings. The number of nitrogens with one attached hydrogen (secondary N) is 2. The maximum Gasteiger partial charge on any atom is 0.269 e. The number of carbonyl (C=O) groups is 1. The van der Waals surface area contributed by atoms with E-state index in [0.717, 1.165) is 5.76 Å². The summed E-state index contributed by atoms with van der Waals surface area (Å²) in [5, 5.41) is 16.3. The zero-order chi connectivity index (χ0) is 26.3. The molecule has 34 heavy (non-hydrogen) atoms. The average molecular weight is 490 g/mol. The van der Waals surface area contributed by atoms with Crippen LogP contribution in [0.25, 0.3) is 0 Å². The van der Waals surface area contributed by atoms with Crippen molar-refractivity contribution in [3.05, 3.63) is 47.4 Å². The van der Waals surface area contributed by atoms with E-state index in [1.165, 1.54) is 17.4 Å². The summed E-state index contributed by atoms with van der Waals surface area (Å²) in [6.07, 6.45) is 9.25. The van der Waals surface area contributed by atoms with Gasteiger partial charge in [0, 0.05) is 14.1 Å². The van der Waals surface area contributed by atoms with Gasteiger partial charge in [0.25, 0.3) is 17.1 Å². The third-order valence-corrected chi connectivity index (χ3v) is 4.39. The van der Waals surface area contributed by atoms with Crippen molar-refractivity contribution >= 4 is 34.4 Å². The summed E-state index contributed by atoms with van der Waals surface area (Å²) in [6.45, 7) is 10.4. The number of carbonyl (C=O) groups excluding carboxylic acids is 1. The van der Waals surface area contributed by atoms with Crippen LogP contribution in [-0.2, 0) is 17.7 Å². The highest BCUT2D eigenvalue weighted by atomic mass is 32.2. The second-order valence-electron chi connectivity index (χ2n) is 6.71. The van der Waals surface area contributed by atoms with E-state index in [-0.39, 0.29) is 34.6 Å². The number of benzene rings is 1. The van der Waals surface area contributed by atoms with Crippen LogP contribution in [0.5, 0.6) is 5.75 Å². The smallest absolute Gasteiger partial charge is 0.269 e. The summed E-state index contributed by atoms with van der Waals surface area (Å²) in [4.78, 5) is 13.5. The van der Waals surface area contributed by atoms with Crippen molar-refractivity contribution in [1.29, 1.82) is 0 Å². The Morgan fingerprint density at radius 3 is 2.24 bits per heavy atom. The maximum atomic E-state index is 12.1. The summed E-state index contributed by atoms with van der Waals surface area (Å²) in [5.41, 5.74) is 0.394. The molecule has 10 heteroatoms. The number of amidine groups is 2. The molecule has 0 saturated carbocycles. The van der Waals surface area contributed by atoms with Crippen LogP contribution in [0.4, 0.5) is 5.69 Å². The van der Waals surface area contributed by atoms with E-state index in [1.54, 1.807) is 26.2 Å². The minimum Gasteiger partial charge on any atom is -0.505 e. The van der Waals surface area contributed by atoms with Crippen LogP contribution in [0.1, 0.15) is 56.0 Å². The summed E-state index contributed by atoms with van der Waals surface area (Å²) in [7, 11) is 3.19. The number of nitrogens with zero attached hydrogens (tertiary/aromatic N) is 3. The lowest BCUT2D eigenvalue weighted by molar-refractivity contribution is 0.0824. The quantitative estimate of drug-likeness (QED) is 0.436. The van der Waals surface area contributed by atoms with E-state index in [9.17, 15) is 14.1 Å². The van der Waals surface area contributed by atoms with Crippen molar-refractivity contribution < 1.29 is 18.5 Å². The third kappa shape index (κ3) is 9.11. The van der Waals surface area contributed by atoms with Gasteiger partial charge in [-0.25, -0.2) is 4.21 Å². The Morgan fingerprint density at radius 2 is 1.71 bits per heavy atom. The number of rotatable bonds is 4. The zero-order valence-electron chi connectivity index (χ0n) is 20.9. The van der Waals surface area contributed by atoms with Gasteiger partial charge in [-0.2, -0.15) is 0 Å². The third-order valence-electron chi connectivity index (χ3n) is 3.71. The fraction of sp³-hybridized carbons (Fsp3) is 0.375. The molecule has 1 unspecified atom stereocenters. The van der Waals surface area contributed by atoms with E-state index < -0.39 is 11.2 Å². The number of aryl methyl sites for hydroxylation is 1. The lowest BCUT2D eigenvalue weighted by atomic mass is 10.1. The number of amides is 1. The van der Waals surface area contributed by atoms with Crippen LogP contribution in [0.3, 0.4) is 0 Å². The molecular weight excluding hydrogens is 454 g/mol. The van der Waals surface area contributed by atoms with Gasteiger partial charge in [0.1, 0.15) is 11.5 Å². The van der Waals surface area contributed by atoms with Crippen LogP contribution >= 0.6 is 0 Å². The van der Waals surface area contributed by atoms with Gasteiger partial charge in [-0.05, 0) is 31.2 Å². The lowest BCUT2D eigenvalue weighted by Crippen LogP contribution is -2.33. The van der Waals surface area contributed by atoms with Crippen molar-refractivity contribution in [3.8, 4) is 18.6 Å². The number of anilines is 1. The number of para-hydroxylation sites is 1. The molecule has 1 aromatic heterocycles. The number of hydrogen-bond acceptors (Lipinski definition) is 6. The highest BCUT2D eigenvalue weighted by Crippen LogP contribution is 2.28. The van der Waals surface area contributed by atoms with Crippen molar-refractivity contribution in [2.75, 3.05) is 19.4 Å². The van der Waals surface area contributed by atoms with E-state index in [4.69, 9.17) is 4.42 Å². The van der Waals surface area contributed by atoms with Crippen molar-refractivity contribution in [1.82, 2.24) is 10.2 Å². The Labute approximate surface area is 205 Å². The molecule has 0 bridgehead atoms. The fourth-order valence-electron chi connectivity index (χ4n) is 2.40. The number of hydrogen-bond donors (Lipinski definition) is 3. The number of phenols is 1. The first-order valence-electron chi connectivity index (χ1n) is 10.8. The van der Waals surface area contributed by atoms with Crippen LogP contribution in [-0.4, -0.2) is 45.9 Å². The average Bonchev–Trinajstić information content (AvgIpc) is 3.40. The Kier molecular flexibility index (Phi) is 14.4. The van der Waals surface area contributed by atoms with Crippen molar-refractivity contribution in [2.45, 2.75) is 47.6 Å². The molecule has 9 nitrogen and oxygen atoms in total. The first-order valence-corrected chi connectivity index (χ1v) is 11.9. The van der Waals surface area contributed by atoms with Gasteiger partial charge in [0.05, 0.1) is 17.8 Å². The minimum absolute atomic E-state index is 0.141. The summed E-state index contributed by atoms with van der Waals surface area (Å²) in [6, 6.07) is 8.38. The molecule has 1 aliphatic heterocycles. The SMILES string of the molecule is C#C.CC.CCC.Cc1ccc(CNC2=NS(=O)N=C2Nc2cccc(C(=O)N(C)C)c2O)o1. The Morgan fingerprint density at radius 1 is 1.12 bits per heavy atom. The highest BCUT2D eigenvalue weighted by Gasteiger charge is 2.22. The van der Waals surface area contributed by atoms with E-state index in [1.807, 2.05) is 32.9 Å². The van der Waals surface area contributed by atoms with Crippen LogP contribution in [0.15, 0.2) is 43.5 Å². The van der Waals surface area contributed by atoms with E-state index in [0.29, 0.717) is 12.3 Å². The van der Waals surface area contributed by atoms with E-state index in [2.05, 4.69) is 46.1 Å². The van der Waals surface area contributed by atoms with E-state index >= 15 is 0 Å². The molecule has 0 aliphatic carbocycles. The molecule has 186 valence electrons. The van der Waals surface area contributed by atoms with Crippen LogP contribution < -0.4 is 10.6 Å². The summed E-state index contributed by atoms with van der Waals surface area (Å²) in [5.74, 6) is 1.37. The van der Waals surface area contributed by atoms with Gasteiger partial charge in [-0.3, -0.25) is 4.79 Å². The van der Waals surface area contributed by atoms with Crippen molar-refractivity contribution in [3.63, 3.8) is 0 Å². The first-order chi connectivity index (χ1) is 16.3. The molecule has 1 atom stereocenters. The standard InChI is InChI=1S/C17H19N5O4S.C3H8.C2H6.C2H2/c1-10-7-8-11(26-10)9-18-15-16(21-27(25)20-15)19-13-6-4-5-12(14(13)23)17(24)22(2)3;1-3-2;2*1-2/h4-8,23H,9H2,1-3H3,(H,18,20)(H,19,21);3H2,1-2H3;1-2H3;1-2H. The maximum absolute atomic E-state index is 12.1. The molecule has 2 aromatic rings. The molecule has 0 spiro atoms. The molecule has 0 radical (unpaired) electrons. The van der Waals surface area contributed by atoms with Gasteiger partial charge in [0.15, 0.2) is 17.4 Å². The van der Waals surface area contributed by atoms with Gasteiger partial charge in [-0.1, -0.05) is 40.2 Å². The molecule has 1 amide bonds. The van der Waals surface area contributed by atoms with Gasteiger partial charge in [-0.15, -0.1) is 21.6 Å². The minimum atomic E-state index is -1.77. The summed E-state index contributed by atoms with van der Waals surface area (Å²) >= 11 is -1.77. The summed E-state index contributed by atoms with van der Waals surface area (Å²) < 4.78 is 25.0. The zero-order valence-corrected chi connectivity index (χ0v) is 21.7. The van der Waals surface area contributed by atoms with Gasteiger partial charge in [0.2, 0.25) is 0 Å². The predicted molar refractivity (Wildman–Crippen MR) is 140 cm³/mol. The van der Waals surface area contributed by atoms with Gasteiger partial charge < -0.3 is 25.1 Å². The Bertz CT molecular complexity index is 1030. The molecule has 3 rings (SSSR count). The first kappa shape index (κ1) is 30.4. The predicted octanol–water partition coefficient (Wildman–Crippen LogP) is 4.28. The van der Waals surface area contributed by atoms with Crippen LogP contribution in [0, 0.1) is 19.8 Å². The number of aromatic hydroxyl groups is 1. The highest BCUT2D eigenvalue weighted by molar-refractivity contribution is 7.83. The topological polar surface area (TPSA) is 120 Å². The lowest BCUT2D eigenvalue weighted by Gasteiger charge is -2.15. The number of phenolic OH excluding ortho intramolecular Hbond substituents is 1.